The van der Waals surface area contributed by atoms with Gasteiger partial charge in [-0.1, -0.05) is 152 Å². The summed E-state index contributed by atoms with van der Waals surface area (Å²) < 4.78 is 13.1. The lowest BCUT2D eigenvalue weighted by Gasteiger charge is -2.26. The molecule has 0 aliphatic rings. The van der Waals surface area contributed by atoms with Crippen molar-refractivity contribution in [3.8, 4) is 33.4 Å². The van der Waals surface area contributed by atoms with Gasteiger partial charge in [0.05, 0.1) is 0 Å². The third kappa shape index (κ3) is 5.44. The Bertz CT molecular complexity index is 3540. The van der Waals surface area contributed by atoms with Crippen molar-refractivity contribution in [1.82, 2.24) is 0 Å². The minimum Gasteiger partial charge on any atom is -0.455 e. The van der Waals surface area contributed by atoms with Crippen molar-refractivity contribution < 1.29 is 8.83 Å². The summed E-state index contributed by atoms with van der Waals surface area (Å²) in [6.45, 7) is 0. The number of rotatable bonds is 6. The van der Waals surface area contributed by atoms with E-state index in [1.165, 1.54) is 21.9 Å². The van der Waals surface area contributed by atoms with E-state index in [-0.39, 0.29) is 0 Å². The number of hydrogen-bond donors (Lipinski definition) is 0. The average Bonchev–Trinajstić information content (AvgIpc) is 3.90. The van der Waals surface area contributed by atoms with E-state index in [0.29, 0.717) is 0 Å². The van der Waals surface area contributed by atoms with Gasteiger partial charge in [0.1, 0.15) is 22.3 Å². The van der Waals surface area contributed by atoms with Gasteiger partial charge in [-0.15, -0.1) is 0 Å². The van der Waals surface area contributed by atoms with Gasteiger partial charge in [-0.05, 0) is 105 Å². The molecule has 0 aliphatic carbocycles. The summed E-state index contributed by atoms with van der Waals surface area (Å²) in [5.74, 6) is 0. The first-order valence-corrected chi connectivity index (χ1v) is 20.1. The fourth-order valence-corrected chi connectivity index (χ4v) is 9.07. The van der Waals surface area contributed by atoms with E-state index in [9.17, 15) is 0 Å². The van der Waals surface area contributed by atoms with Crippen LogP contribution in [0.15, 0.2) is 221 Å². The van der Waals surface area contributed by atoms with E-state index in [1.54, 1.807) is 0 Å². The third-order valence-electron chi connectivity index (χ3n) is 11.9. The number of anilines is 3. The molecule has 0 bridgehead atoms. The second-order valence-corrected chi connectivity index (χ2v) is 15.2. The van der Waals surface area contributed by atoms with Gasteiger partial charge >= 0.3 is 0 Å². The van der Waals surface area contributed by atoms with Gasteiger partial charge < -0.3 is 13.7 Å². The highest BCUT2D eigenvalue weighted by Gasteiger charge is 2.19. The first-order valence-electron chi connectivity index (χ1n) is 20.1. The van der Waals surface area contributed by atoms with Gasteiger partial charge in [0, 0.05) is 49.4 Å². The Morgan fingerprint density at radius 2 is 0.763 bits per heavy atom. The number of furan rings is 2. The smallest absolute Gasteiger partial charge is 0.143 e. The van der Waals surface area contributed by atoms with Crippen molar-refractivity contribution in [2.75, 3.05) is 4.90 Å². The maximum absolute atomic E-state index is 6.59. The Kier molecular flexibility index (Phi) is 7.54. The minimum atomic E-state index is 0.886. The van der Waals surface area contributed by atoms with Crippen molar-refractivity contribution in [1.29, 1.82) is 0 Å². The Hall–Kier alpha value is -7.88. The first kappa shape index (κ1) is 33.3. The summed E-state index contributed by atoms with van der Waals surface area (Å²) in [6.07, 6.45) is 0. The minimum absolute atomic E-state index is 0.886. The topological polar surface area (TPSA) is 29.5 Å². The fourth-order valence-electron chi connectivity index (χ4n) is 9.07. The van der Waals surface area contributed by atoms with E-state index < -0.39 is 0 Å². The Balaban J connectivity index is 0.994. The van der Waals surface area contributed by atoms with Crippen LogP contribution in [0.2, 0.25) is 0 Å². The molecule has 2 aromatic heterocycles. The summed E-state index contributed by atoms with van der Waals surface area (Å²) in [5.41, 5.74) is 13.7. The van der Waals surface area contributed by atoms with Gasteiger partial charge in [0.25, 0.3) is 0 Å². The van der Waals surface area contributed by atoms with Crippen LogP contribution in [0, 0.1) is 0 Å². The molecule has 0 unspecified atom stereocenters. The lowest BCUT2D eigenvalue weighted by molar-refractivity contribution is 0.672. The molecule has 0 atom stereocenters. The maximum Gasteiger partial charge on any atom is 0.143 e. The molecule has 0 saturated carbocycles. The number of fused-ring (bicyclic) bond motifs is 10. The first-order chi connectivity index (χ1) is 29.2. The highest BCUT2D eigenvalue weighted by molar-refractivity contribution is 6.20. The summed E-state index contributed by atoms with van der Waals surface area (Å²) in [6, 6.07) is 75.7. The molecule has 3 heteroatoms. The van der Waals surface area contributed by atoms with Gasteiger partial charge in [0.15, 0.2) is 0 Å². The molecule has 2 heterocycles. The summed E-state index contributed by atoms with van der Waals surface area (Å²) in [4.78, 5) is 2.35. The van der Waals surface area contributed by atoms with E-state index in [4.69, 9.17) is 8.83 Å². The zero-order chi connectivity index (χ0) is 38.9. The third-order valence-corrected chi connectivity index (χ3v) is 11.9. The molecule has 59 heavy (non-hydrogen) atoms. The van der Waals surface area contributed by atoms with Crippen molar-refractivity contribution in [2.24, 2.45) is 0 Å². The largest absolute Gasteiger partial charge is 0.455 e. The van der Waals surface area contributed by atoms with E-state index >= 15 is 0 Å². The fraction of sp³-hybridized carbons (Fsp3) is 0. The lowest BCUT2D eigenvalue weighted by Crippen LogP contribution is -2.10. The molecule has 276 valence electrons. The molecule has 0 aliphatic heterocycles. The predicted octanol–water partition coefficient (Wildman–Crippen LogP) is 16.3. The highest BCUT2D eigenvalue weighted by atomic mass is 16.3. The molecule has 0 amide bonds. The molecule has 12 rings (SSSR count). The van der Waals surface area contributed by atoms with Crippen LogP contribution in [0.25, 0.3) is 98.8 Å². The Labute approximate surface area is 340 Å². The quantitative estimate of drug-likeness (QED) is 0.169. The molecule has 10 aromatic carbocycles. The van der Waals surface area contributed by atoms with Gasteiger partial charge in [-0.25, -0.2) is 0 Å². The zero-order valence-corrected chi connectivity index (χ0v) is 32.0. The van der Waals surface area contributed by atoms with E-state index in [1.807, 2.05) is 0 Å². The van der Waals surface area contributed by atoms with Crippen molar-refractivity contribution in [2.45, 2.75) is 0 Å². The molecule has 3 nitrogen and oxygen atoms in total. The van der Waals surface area contributed by atoms with Gasteiger partial charge in [0.2, 0.25) is 0 Å². The normalized spacial score (nSPS) is 11.7. The molecule has 0 spiro atoms. The predicted molar refractivity (Wildman–Crippen MR) is 247 cm³/mol. The maximum atomic E-state index is 6.59. The molecular weight excluding hydrogens is 719 g/mol. The SMILES string of the molecule is c1ccc(-c2ccc(N(c3ccc(-c4cccc5oc6c7ccccc7ccc6c45)cc3)c3cccc(-c4cccc5oc6c7ccccc7ccc6c45)c3)cc2)cc1. The number of hydrogen-bond acceptors (Lipinski definition) is 3. The average molecular weight is 754 g/mol. The molecule has 0 saturated heterocycles. The molecule has 0 radical (unpaired) electrons. The van der Waals surface area contributed by atoms with Crippen molar-refractivity contribution >= 4 is 82.5 Å². The highest BCUT2D eigenvalue weighted by Crippen LogP contribution is 2.44. The van der Waals surface area contributed by atoms with Crippen molar-refractivity contribution in [3.05, 3.63) is 212 Å². The second-order valence-electron chi connectivity index (χ2n) is 15.2. The van der Waals surface area contributed by atoms with Gasteiger partial charge in [-0.2, -0.15) is 0 Å². The second kappa shape index (κ2) is 13.4. The monoisotopic (exact) mass is 753 g/mol. The van der Waals surface area contributed by atoms with Crippen molar-refractivity contribution in [3.63, 3.8) is 0 Å². The van der Waals surface area contributed by atoms with E-state index in [0.717, 1.165) is 94.0 Å². The standard InChI is InChI=1S/C56H35NO2/c1-2-11-36(12-3-1)37-23-29-42(30-24-37)57(43-31-25-40(26-32-43)45-19-9-21-51-53(45)49-33-27-38-13-4-6-17-47(38)55(49)58-51)44-16-8-15-41(35-44)46-20-10-22-52-54(46)50-34-28-39-14-5-7-18-48(39)56(50)59-52/h1-35H. The molecular formula is C56H35NO2. The summed E-state index contributed by atoms with van der Waals surface area (Å²) in [5, 5.41) is 9.12. The summed E-state index contributed by atoms with van der Waals surface area (Å²) >= 11 is 0. The molecule has 0 N–H and O–H groups in total. The van der Waals surface area contributed by atoms with Crippen LogP contribution in [0.3, 0.4) is 0 Å². The van der Waals surface area contributed by atoms with Crippen LogP contribution < -0.4 is 4.90 Å². The Morgan fingerprint density at radius 3 is 1.36 bits per heavy atom. The van der Waals surface area contributed by atoms with Crippen LogP contribution in [-0.2, 0) is 0 Å². The van der Waals surface area contributed by atoms with Crippen LogP contribution in [0.4, 0.5) is 17.1 Å². The van der Waals surface area contributed by atoms with Gasteiger partial charge in [-0.3, -0.25) is 0 Å². The van der Waals surface area contributed by atoms with Crippen LogP contribution >= 0.6 is 0 Å². The lowest BCUT2D eigenvalue weighted by atomic mass is 9.97. The van der Waals surface area contributed by atoms with Crippen LogP contribution in [-0.4, -0.2) is 0 Å². The summed E-state index contributed by atoms with van der Waals surface area (Å²) in [7, 11) is 0. The number of benzene rings is 10. The zero-order valence-electron chi connectivity index (χ0n) is 32.0. The molecule has 12 aromatic rings. The van der Waals surface area contributed by atoms with E-state index in [2.05, 4.69) is 217 Å². The molecule has 0 fully saturated rings. The van der Waals surface area contributed by atoms with Crippen LogP contribution in [0.1, 0.15) is 0 Å². The number of nitrogens with zero attached hydrogens (tertiary/aromatic N) is 1. The Morgan fingerprint density at radius 1 is 0.288 bits per heavy atom. The van der Waals surface area contributed by atoms with Crippen LogP contribution in [0.5, 0.6) is 0 Å².